The summed E-state index contributed by atoms with van der Waals surface area (Å²) in [4.78, 5) is 57.1. The molecule has 3 atom stereocenters. The molecule has 0 bridgehead atoms. The Hall–Kier alpha value is -5.02. The smallest absolute Gasteiger partial charge is 0.356 e. The third-order valence-corrected chi connectivity index (χ3v) is 14.5. The molecule has 11 heteroatoms. The number of likely N-dealkylation sites (tertiary alicyclic amines) is 1. The largest absolute Gasteiger partial charge is 0.457 e. The number of carbonyl (C=O) groups is 4. The summed E-state index contributed by atoms with van der Waals surface area (Å²) in [5, 5.41) is 7.84. The van der Waals surface area contributed by atoms with Gasteiger partial charge in [-0.3, -0.25) is 9.59 Å². The van der Waals surface area contributed by atoms with Crippen LogP contribution in [0.2, 0.25) is 19.6 Å². The van der Waals surface area contributed by atoms with Gasteiger partial charge in [-0.1, -0.05) is 128 Å². The van der Waals surface area contributed by atoms with Crippen LogP contribution < -0.4 is 26.5 Å². The minimum Gasteiger partial charge on any atom is -0.457 e. The van der Waals surface area contributed by atoms with E-state index >= 15 is 0 Å². The van der Waals surface area contributed by atoms with Gasteiger partial charge in [0, 0.05) is 32.5 Å². The zero-order chi connectivity index (χ0) is 38.2. The molecular weight excluding hydrogens is 702 g/mol. The number of nitrogens with zero attached hydrogens (tertiary/aromatic N) is 1. The first kappa shape index (κ1) is 39.2. The fourth-order valence-electron chi connectivity index (χ4n) is 6.94. The number of rotatable bonds is 15. The molecule has 0 unspecified atom stereocenters. The van der Waals surface area contributed by atoms with Crippen LogP contribution in [0.25, 0.3) is 0 Å². The van der Waals surface area contributed by atoms with Crippen LogP contribution in [0.15, 0.2) is 128 Å². The van der Waals surface area contributed by atoms with Crippen LogP contribution in [0.1, 0.15) is 29.3 Å². The van der Waals surface area contributed by atoms with E-state index in [-0.39, 0.29) is 36.2 Å². The Bertz CT molecular complexity index is 1880. The van der Waals surface area contributed by atoms with Crippen LogP contribution in [-0.4, -0.2) is 68.1 Å². The van der Waals surface area contributed by atoms with Crippen molar-refractivity contribution in [3.63, 3.8) is 0 Å². The molecular formula is C42H48N3O6PSi. The van der Waals surface area contributed by atoms with E-state index in [4.69, 9.17) is 9.16 Å². The van der Waals surface area contributed by atoms with Crippen LogP contribution in [-0.2, 0) is 25.3 Å². The lowest BCUT2D eigenvalue weighted by Gasteiger charge is -2.52. The second-order valence-electron chi connectivity index (χ2n) is 13.9. The number of esters is 1. The number of amides is 3. The Balaban J connectivity index is 1.75. The van der Waals surface area contributed by atoms with Gasteiger partial charge >= 0.3 is 12.0 Å². The molecule has 4 aromatic carbocycles. The van der Waals surface area contributed by atoms with Gasteiger partial charge in [0.05, 0.1) is 18.1 Å². The minimum atomic E-state index is -3.16. The Morgan fingerprint density at radius 2 is 1.36 bits per heavy atom. The van der Waals surface area contributed by atoms with Crippen molar-refractivity contribution in [1.82, 2.24) is 15.5 Å². The molecule has 0 radical (unpaired) electrons. The van der Waals surface area contributed by atoms with Crippen LogP contribution in [0.4, 0.5) is 4.79 Å². The van der Waals surface area contributed by atoms with Gasteiger partial charge in [0.1, 0.15) is 12.0 Å². The average molecular weight is 750 g/mol. The topological polar surface area (TPSA) is 114 Å². The molecule has 53 heavy (non-hydrogen) atoms. The number of benzene rings is 4. The summed E-state index contributed by atoms with van der Waals surface area (Å²) >= 11 is 0. The van der Waals surface area contributed by atoms with Crippen molar-refractivity contribution < 1.29 is 28.3 Å². The quantitative estimate of drug-likeness (QED) is 0.0409. The van der Waals surface area contributed by atoms with Crippen LogP contribution in [0, 0.1) is 5.92 Å². The first-order chi connectivity index (χ1) is 25.4. The Kier molecular flexibility index (Phi) is 12.7. The van der Waals surface area contributed by atoms with Crippen LogP contribution in [0.3, 0.4) is 0 Å². The molecule has 3 amide bonds. The highest BCUT2D eigenvalue weighted by Gasteiger charge is 2.56. The highest BCUT2D eigenvalue weighted by molar-refractivity contribution is 7.96. The first-order valence-corrected chi connectivity index (χ1v) is 22.9. The minimum absolute atomic E-state index is 0.0533. The number of ketones is 1. The molecule has 2 N–H and O–H groups in total. The molecule has 5 rings (SSSR count). The summed E-state index contributed by atoms with van der Waals surface area (Å²) in [6, 6.07) is 35.3. The summed E-state index contributed by atoms with van der Waals surface area (Å²) in [7, 11) is -0.586. The maximum atomic E-state index is 14.9. The van der Waals surface area contributed by atoms with Gasteiger partial charge in [-0.25, -0.2) is 9.59 Å². The fraction of sp³-hybridized carbons (Fsp3) is 0.262. The molecule has 0 spiro atoms. The van der Waals surface area contributed by atoms with Crippen molar-refractivity contribution in [2.75, 3.05) is 13.7 Å². The number of carbonyl (C=O) groups excluding carboxylic acids is 4. The lowest BCUT2D eigenvalue weighted by molar-refractivity contribution is -0.156. The number of ether oxygens (including phenoxy) is 1. The molecule has 0 saturated carbocycles. The molecule has 276 valence electrons. The van der Waals surface area contributed by atoms with Crippen molar-refractivity contribution in [1.29, 1.82) is 0 Å². The molecule has 1 saturated heterocycles. The number of hydrogen-bond acceptors (Lipinski definition) is 6. The Morgan fingerprint density at radius 1 is 0.849 bits per heavy atom. The van der Waals surface area contributed by atoms with Gasteiger partial charge in [-0.2, -0.15) is 0 Å². The standard InChI is InChI=1S/C42H48N3O6PSi/c1-7-27-50-41(48)40(52(33-17-11-8-12-18-33,34-19-13-9-14-20-34)35-21-15-10-16-22-35)45-36(38(39(45)47)30(2)51-53(4,5)6)28-37(46)32-25-23-31(24-26-32)29-44-42(49)43-3/h7-26,30,36,38H,1,27-29H2,2-6H3,(H2,43,44,49)/t30-,36-,38-/m1/s1. The van der Waals surface area contributed by atoms with Gasteiger partial charge in [0.2, 0.25) is 5.91 Å². The number of β-lactam (4-membered cyclic amide) rings is 1. The maximum Gasteiger partial charge on any atom is 0.356 e. The Labute approximate surface area is 313 Å². The third kappa shape index (κ3) is 8.62. The van der Waals surface area contributed by atoms with Gasteiger partial charge in [-0.05, 0) is 48.0 Å². The lowest BCUT2D eigenvalue weighted by Crippen LogP contribution is -2.69. The lowest BCUT2D eigenvalue weighted by atomic mass is 9.79. The van der Waals surface area contributed by atoms with Crippen molar-refractivity contribution in [2.45, 2.75) is 51.7 Å². The monoisotopic (exact) mass is 749 g/mol. The predicted molar refractivity (Wildman–Crippen MR) is 216 cm³/mol. The first-order valence-electron chi connectivity index (χ1n) is 17.7. The summed E-state index contributed by atoms with van der Waals surface area (Å²) in [5.74, 6) is -1.81. The van der Waals surface area contributed by atoms with Gasteiger partial charge < -0.3 is 24.7 Å². The zero-order valence-corrected chi connectivity index (χ0v) is 32.8. The molecule has 0 aliphatic carbocycles. The van der Waals surface area contributed by atoms with E-state index in [0.29, 0.717) is 12.1 Å². The van der Waals surface area contributed by atoms with E-state index in [1.807, 2.05) is 97.9 Å². The molecule has 0 aromatic heterocycles. The molecule has 1 aliphatic rings. The van der Waals surface area contributed by atoms with Crippen LogP contribution in [0.5, 0.6) is 0 Å². The summed E-state index contributed by atoms with van der Waals surface area (Å²) in [6.07, 6.45) is 0.940. The molecule has 1 fully saturated rings. The van der Waals surface area contributed by atoms with E-state index in [1.54, 1.807) is 36.2 Å². The summed E-state index contributed by atoms with van der Waals surface area (Å²) in [5.41, 5.74) is 1.48. The third-order valence-electron chi connectivity index (χ3n) is 9.16. The van der Waals surface area contributed by atoms with E-state index in [2.05, 4.69) is 36.9 Å². The van der Waals surface area contributed by atoms with Gasteiger partial charge in [-0.15, -0.1) is 0 Å². The van der Waals surface area contributed by atoms with E-state index in [0.717, 1.165) is 21.5 Å². The predicted octanol–water partition coefficient (Wildman–Crippen LogP) is 5.61. The summed E-state index contributed by atoms with van der Waals surface area (Å²) in [6.45, 7) is 8.90. The van der Waals surface area contributed by atoms with E-state index in [1.165, 1.54) is 6.08 Å². The van der Waals surface area contributed by atoms with Crippen LogP contribution >= 0.6 is 6.89 Å². The summed E-state index contributed by atoms with van der Waals surface area (Å²) < 4.78 is 12.4. The number of Topliss-reactive ketones (excluding diaryl/α,β-unsaturated/α-hetero) is 1. The molecule has 1 aliphatic heterocycles. The van der Waals surface area contributed by atoms with Gasteiger partial charge in [0.15, 0.2) is 14.1 Å². The Morgan fingerprint density at radius 3 is 1.81 bits per heavy atom. The highest BCUT2D eigenvalue weighted by atomic mass is 31.2. The van der Waals surface area contributed by atoms with E-state index in [9.17, 15) is 19.2 Å². The van der Waals surface area contributed by atoms with E-state index < -0.39 is 39.2 Å². The number of urea groups is 1. The maximum absolute atomic E-state index is 14.9. The number of nitrogens with one attached hydrogen (secondary N) is 2. The second kappa shape index (κ2) is 17.2. The average Bonchev–Trinajstić information content (AvgIpc) is 3.16. The van der Waals surface area contributed by atoms with Crippen molar-refractivity contribution >= 4 is 60.2 Å². The SMILES string of the molecule is C=CCOC(=O)C(N1C(=O)[C@H]([C@@H](C)O[Si](C)(C)C)[C@H]1CC(=O)c1ccc(CNC(=O)NC)cc1)=P(c1ccccc1)(c1ccccc1)c1ccccc1. The van der Waals surface area contributed by atoms with Crippen molar-refractivity contribution in [3.05, 3.63) is 139 Å². The zero-order valence-electron chi connectivity index (χ0n) is 31.0. The molecule has 4 aromatic rings. The number of hydrogen-bond donors (Lipinski definition) is 2. The van der Waals surface area contributed by atoms with Crippen molar-refractivity contribution in [3.8, 4) is 0 Å². The van der Waals surface area contributed by atoms with Crippen molar-refractivity contribution in [2.24, 2.45) is 5.92 Å². The fourth-order valence-corrected chi connectivity index (χ4v) is 12.6. The highest BCUT2D eigenvalue weighted by Crippen LogP contribution is 2.50. The molecule has 1 heterocycles. The second-order valence-corrected chi connectivity index (χ2v) is 21.7. The normalized spacial score (nSPS) is 16.2. The van der Waals surface area contributed by atoms with Gasteiger partial charge in [0.25, 0.3) is 0 Å². The molecule has 9 nitrogen and oxygen atoms in total.